The Labute approximate surface area is 182 Å². The smallest absolute Gasteiger partial charge is 0.254 e. The summed E-state index contributed by atoms with van der Waals surface area (Å²) in [7, 11) is 4.63. The number of carbonyl (C=O) groups excluding carboxylic acids is 1. The number of methoxy groups -OCH3 is 3. The molecular formula is C23H28N2O6. The third-order valence-electron chi connectivity index (χ3n) is 5.58. The van der Waals surface area contributed by atoms with Crippen molar-refractivity contribution in [3.05, 3.63) is 41.5 Å². The van der Waals surface area contributed by atoms with Crippen molar-refractivity contribution in [2.75, 3.05) is 60.7 Å². The molecule has 0 bridgehead atoms. The van der Waals surface area contributed by atoms with Crippen LogP contribution in [-0.4, -0.2) is 76.4 Å². The number of fused-ring (bicyclic) bond motifs is 1. The van der Waals surface area contributed by atoms with Crippen LogP contribution < -0.4 is 23.7 Å². The minimum absolute atomic E-state index is 0.0433. The molecule has 1 saturated heterocycles. The van der Waals surface area contributed by atoms with E-state index in [9.17, 15) is 4.79 Å². The van der Waals surface area contributed by atoms with E-state index in [-0.39, 0.29) is 5.91 Å². The number of rotatable bonds is 6. The number of amides is 1. The van der Waals surface area contributed by atoms with Gasteiger partial charge in [-0.3, -0.25) is 9.69 Å². The summed E-state index contributed by atoms with van der Waals surface area (Å²) >= 11 is 0. The molecule has 0 aromatic heterocycles. The SMILES string of the molecule is COc1cc(C(=O)N2CCN(Cc3ccc4c(c3)OCCO4)CC2)cc(OC)c1OC. The van der Waals surface area contributed by atoms with Gasteiger partial charge < -0.3 is 28.6 Å². The summed E-state index contributed by atoms with van der Waals surface area (Å²) < 4.78 is 27.4. The summed E-state index contributed by atoms with van der Waals surface area (Å²) in [6.07, 6.45) is 0. The fourth-order valence-corrected chi connectivity index (χ4v) is 3.94. The Morgan fingerprint density at radius 2 is 1.52 bits per heavy atom. The number of hydrogen-bond acceptors (Lipinski definition) is 7. The van der Waals surface area contributed by atoms with Crippen LogP contribution in [0.5, 0.6) is 28.7 Å². The van der Waals surface area contributed by atoms with E-state index in [1.54, 1.807) is 33.5 Å². The van der Waals surface area contributed by atoms with E-state index in [4.69, 9.17) is 23.7 Å². The van der Waals surface area contributed by atoms with Gasteiger partial charge in [0.25, 0.3) is 5.91 Å². The van der Waals surface area contributed by atoms with Gasteiger partial charge in [0, 0.05) is 38.3 Å². The highest BCUT2D eigenvalue weighted by atomic mass is 16.6. The second-order valence-electron chi connectivity index (χ2n) is 7.46. The molecule has 0 N–H and O–H groups in total. The first-order chi connectivity index (χ1) is 15.1. The molecule has 0 atom stereocenters. The number of benzene rings is 2. The lowest BCUT2D eigenvalue weighted by Crippen LogP contribution is -2.48. The van der Waals surface area contributed by atoms with E-state index in [1.807, 2.05) is 17.0 Å². The van der Waals surface area contributed by atoms with Gasteiger partial charge in [0.15, 0.2) is 23.0 Å². The molecule has 4 rings (SSSR count). The van der Waals surface area contributed by atoms with Crippen LogP contribution in [0.1, 0.15) is 15.9 Å². The van der Waals surface area contributed by atoms with E-state index < -0.39 is 0 Å². The minimum Gasteiger partial charge on any atom is -0.493 e. The molecule has 2 aromatic rings. The second-order valence-corrected chi connectivity index (χ2v) is 7.46. The standard InChI is InChI=1S/C23H28N2O6/c1-27-20-13-17(14-21(28-2)22(20)29-3)23(26)25-8-6-24(7-9-25)15-16-4-5-18-19(12-16)31-11-10-30-18/h4-5,12-14H,6-11,15H2,1-3H3. The van der Waals surface area contributed by atoms with Crippen LogP contribution in [0.25, 0.3) is 0 Å². The topological polar surface area (TPSA) is 69.7 Å². The van der Waals surface area contributed by atoms with Gasteiger partial charge in [-0.25, -0.2) is 0 Å². The molecule has 0 saturated carbocycles. The number of ether oxygens (including phenoxy) is 5. The summed E-state index contributed by atoms with van der Waals surface area (Å²) in [4.78, 5) is 17.3. The lowest BCUT2D eigenvalue weighted by Gasteiger charge is -2.35. The monoisotopic (exact) mass is 428 g/mol. The van der Waals surface area contributed by atoms with Crippen molar-refractivity contribution in [1.82, 2.24) is 9.80 Å². The third kappa shape index (κ3) is 4.49. The Balaban J connectivity index is 1.39. The van der Waals surface area contributed by atoms with Gasteiger partial charge in [-0.1, -0.05) is 6.07 Å². The summed E-state index contributed by atoms with van der Waals surface area (Å²) in [6.45, 7) is 4.88. The molecule has 166 valence electrons. The van der Waals surface area contributed by atoms with Gasteiger partial charge in [-0.05, 0) is 29.8 Å². The van der Waals surface area contributed by atoms with E-state index >= 15 is 0 Å². The lowest BCUT2D eigenvalue weighted by atomic mass is 10.1. The summed E-state index contributed by atoms with van der Waals surface area (Å²) in [6, 6.07) is 9.48. The molecule has 1 amide bonds. The van der Waals surface area contributed by atoms with Crippen LogP contribution in [0.3, 0.4) is 0 Å². The maximum atomic E-state index is 13.1. The average Bonchev–Trinajstić information content (AvgIpc) is 2.83. The fourth-order valence-electron chi connectivity index (χ4n) is 3.94. The number of piperazine rings is 1. The minimum atomic E-state index is -0.0433. The van der Waals surface area contributed by atoms with Crippen LogP contribution in [0.4, 0.5) is 0 Å². The van der Waals surface area contributed by atoms with Gasteiger partial charge in [0.2, 0.25) is 5.75 Å². The fraction of sp³-hybridized carbons (Fsp3) is 0.435. The molecule has 0 spiro atoms. The second kappa shape index (κ2) is 9.34. The first kappa shape index (κ1) is 21.1. The zero-order valence-corrected chi connectivity index (χ0v) is 18.2. The number of hydrogen-bond donors (Lipinski definition) is 0. The van der Waals surface area contributed by atoms with Gasteiger partial charge in [0.05, 0.1) is 21.3 Å². The van der Waals surface area contributed by atoms with Crippen molar-refractivity contribution in [3.63, 3.8) is 0 Å². The normalized spacial score (nSPS) is 16.0. The lowest BCUT2D eigenvalue weighted by molar-refractivity contribution is 0.0627. The van der Waals surface area contributed by atoms with Crippen molar-refractivity contribution >= 4 is 5.91 Å². The predicted octanol–water partition coefficient (Wildman–Crippen LogP) is 2.44. The number of carbonyl (C=O) groups is 1. The molecule has 2 aliphatic rings. The first-order valence-electron chi connectivity index (χ1n) is 10.3. The molecule has 8 nitrogen and oxygen atoms in total. The van der Waals surface area contributed by atoms with Crippen LogP contribution in [0, 0.1) is 0 Å². The third-order valence-corrected chi connectivity index (χ3v) is 5.58. The summed E-state index contributed by atoms with van der Waals surface area (Å²) in [5, 5.41) is 0. The summed E-state index contributed by atoms with van der Waals surface area (Å²) in [5.41, 5.74) is 1.70. The molecule has 2 heterocycles. The van der Waals surface area contributed by atoms with E-state index in [0.29, 0.717) is 49.1 Å². The first-order valence-corrected chi connectivity index (χ1v) is 10.3. The van der Waals surface area contributed by atoms with Crippen LogP contribution in [-0.2, 0) is 6.54 Å². The Kier molecular flexibility index (Phi) is 6.36. The van der Waals surface area contributed by atoms with Crippen molar-refractivity contribution in [2.24, 2.45) is 0 Å². The zero-order valence-electron chi connectivity index (χ0n) is 18.2. The van der Waals surface area contributed by atoms with E-state index in [1.165, 1.54) is 5.56 Å². The Morgan fingerprint density at radius 1 is 0.871 bits per heavy atom. The van der Waals surface area contributed by atoms with Gasteiger partial charge in [-0.2, -0.15) is 0 Å². The summed E-state index contributed by atoms with van der Waals surface area (Å²) in [5.74, 6) is 2.99. The van der Waals surface area contributed by atoms with Crippen molar-refractivity contribution < 1.29 is 28.5 Å². The van der Waals surface area contributed by atoms with Crippen LogP contribution in [0.15, 0.2) is 30.3 Å². The predicted molar refractivity (Wildman–Crippen MR) is 115 cm³/mol. The van der Waals surface area contributed by atoms with Crippen LogP contribution in [0.2, 0.25) is 0 Å². The highest BCUT2D eigenvalue weighted by Gasteiger charge is 2.25. The van der Waals surface area contributed by atoms with Crippen molar-refractivity contribution in [3.8, 4) is 28.7 Å². The highest BCUT2D eigenvalue weighted by Crippen LogP contribution is 2.38. The number of nitrogens with zero attached hydrogens (tertiary/aromatic N) is 2. The molecule has 2 aromatic carbocycles. The molecular weight excluding hydrogens is 400 g/mol. The van der Waals surface area contributed by atoms with Gasteiger partial charge in [0.1, 0.15) is 13.2 Å². The molecule has 8 heteroatoms. The highest BCUT2D eigenvalue weighted by molar-refractivity contribution is 5.95. The van der Waals surface area contributed by atoms with E-state index in [0.717, 1.165) is 31.1 Å². The largest absolute Gasteiger partial charge is 0.493 e. The Morgan fingerprint density at radius 3 is 2.13 bits per heavy atom. The van der Waals surface area contributed by atoms with Gasteiger partial charge in [-0.15, -0.1) is 0 Å². The maximum Gasteiger partial charge on any atom is 0.254 e. The Hall–Kier alpha value is -3.13. The van der Waals surface area contributed by atoms with Crippen molar-refractivity contribution in [1.29, 1.82) is 0 Å². The molecule has 31 heavy (non-hydrogen) atoms. The zero-order chi connectivity index (χ0) is 21.8. The molecule has 2 aliphatic heterocycles. The quantitative estimate of drug-likeness (QED) is 0.700. The van der Waals surface area contributed by atoms with Crippen molar-refractivity contribution in [2.45, 2.75) is 6.54 Å². The van der Waals surface area contributed by atoms with Gasteiger partial charge >= 0.3 is 0 Å². The molecule has 0 aliphatic carbocycles. The average molecular weight is 428 g/mol. The molecule has 0 unspecified atom stereocenters. The maximum absolute atomic E-state index is 13.1. The molecule has 0 radical (unpaired) electrons. The Bertz CT molecular complexity index is 915. The molecule has 1 fully saturated rings. The van der Waals surface area contributed by atoms with Crippen LogP contribution >= 0.6 is 0 Å². The van der Waals surface area contributed by atoms with E-state index in [2.05, 4.69) is 11.0 Å².